The van der Waals surface area contributed by atoms with E-state index in [-0.39, 0.29) is 0 Å². The SMILES string of the molecule is CCCCNPNCCC. The number of hydrogen-bond donors (Lipinski definition) is 2. The summed E-state index contributed by atoms with van der Waals surface area (Å²) in [5, 5.41) is 6.65. The molecule has 0 saturated carbocycles. The minimum absolute atomic E-state index is 0.749. The van der Waals surface area contributed by atoms with Crippen molar-refractivity contribution >= 4 is 8.88 Å². The molecule has 0 fully saturated rings. The van der Waals surface area contributed by atoms with Crippen LogP contribution in [0.5, 0.6) is 0 Å². The van der Waals surface area contributed by atoms with Gasteiger partial charge in [-0.15, -0.1) is 0 Å². The third kappa shape index (κ3) is 8.35. The van der Waals surface area contributed by atoms with Crippen LogP contribution in [0.25, 0.3) is 0 Å². The molecule has 0 radical (unpaired) electrons. The van der Waals surface area contributed by atoms with Gasteiger partial charge in [-0.1, -0.05) is 20.3 Å². The standard InChI is InChI=1S/C7H19N2P/c1-3-5-7-9-10-8-6-4-2/h8-10H,3-7H2,1-2H3. The fourth-order valence-corrected chi connectivity index (χ4v) is 1.38. The van der Waals surface area contributed by atoms with Crippen LogP contribution in [0.1, 0.15) is 33.1 Å². The van der Waals surface area contributed by atoms with Gasteiger partial charge in [0.2, 0.25) is 0 Å². The van der Waals surface area contributed by atoms with Crippen LogP contribution < -0.4 is 10.2 Å². The van der Waals surface area contributed by atoms with Gasteiger partial charge in [-0.25, -0.2) is 0 Å². The van der Waals surface area contributed by atoms with E-state index in [0.29, 0.717) is 0 Å². The zero-order valence-corrected chi connectivity index (χ0v) is 8.04. The Kier molecular flexibility index (Phi) is 9.68. The van der Waals surface area contributed by atoms with Crippen molar-refractivity contribution in [1.29, 1.82) is 0 Å². The topological polar surface area (TPSA) is 24.1 Å². The number of nitrogens with one attached hydrogen (secondary N) is 2. The van der Waals surface area contributed by atoms with E-state index in [9.17, 15) is 0 Å². The van der Waals surface area contributed by atoms with Crippen molar-refractivity contribution in [2.45, 2.75) is 33.1 Å². The maximum Gasteiger partial charge on any atom is 0.0183 e. The summed E-state index contributed by atoms with van der Waals surface area (Å²) in [7, 11) is 0.749. The summed E-state index contributed by atoms with van der Waals surface area (Å²) < 4.78 is 0. The summed E-state index contributed by atoms with van der Waals surface area (Å²) in [5.41, 5.74) is 0. The lowest BCUT2D eigenvalue weighted by atomic mass is 10.3. The molecule has 0 saturated heterocycles. The molecule has 2 nitrogen and oxygen atoms in total. The normalized spacial score (nSPS) is 11.4. The average molecular weight is 162 g/mol. The molecule has 62 valence electrons. The zero-order valence-electron chi connectivity index (χ0n) is 7.04. The largest absolute Gasteiger partial charge is 0.286 e. The van der Waals surface area contributed by atoms with Gasteiger partial charge < -0.3 is 0 Å². The third-order valence-corrected chi connectivity index (χ3v) is 2.06. The van der Waals surface area contributed by atoms with Gasteiger partial charge in [-0.2, -0.15) is 0 Å². The van der Waals surface area contributed by atoms with Crippen LogP contribution in [0.15, 0.2) is 0 Å². The fourth-order valence-electron chi connectivity index (χ4n) is 0.578. The van der Waals surface area contributed by atoms with Gasteiger partial charge in [0.05, 0.1) is 0 Å². The fraction of sp³-hybridized carbons (Fsp3) is 1.00. The maximum absolute atomic E-state index is 3.34. The van der Waals surface area contributed by atoms with Gasteiger partial charge in [0.15, 0.2) is 0 Å². The van der Waals surface area contributed by atoms with Crippen LogP contribution in [0, 0.1) is 0 Å². The molecule has 0 aliphatic heterocycles. The summed E-state index contributed by atoms with van der Waals surface area (Å²) in [5.74, 6) is 0. The van der Waals surface area contributed by atoms with Crippen molar-refractivity contribution < 1.29 is 0 Å². The monoisotopic (exact) mass is 162 g/mol. The summed E-state index contributed by atoms with van der Waals surface area (Å²) in [6, 6.07) is 0. The highest BCUT2D eigenvalue weighted by Crippen LogP contribution is 1.95. The first-order valence-corrected chi connectivity index (χ1v) is 5.12. The Bertz CT molecular complexity index is 51.6. The van der Waals surface area contributed by atoms with E-state index in [0.717, 1.165) is 22.0 Å². The molecule has 10 heavy (non-hydrogen) atoms. The van der Waals surface area contributed by atoms with Crippen molar-refractivity contribution in [1.82, 2.24) is 10.2 Å². The van der Waals surface area contributed by atoms with Gasteiger partial charge in [0.1, 0.15) is 0 Å². The summed E-state index contributed by atoms with van der Waals surface area (Å²) in [6.07, 6.45) is 3.80. The summed E-state index contributed by atoms with van der Waals surface area (Å²) in [4.78, 5) is 0. The molecule has 3 heteroatoms. The Labute approximate surface area is 66.1 Å². The Morgan fingerprint density at radius 1 is 1.00 bits per heavy atom. The predicted molar refractivity (Wildman–Crippen MR) is 49.5 cm³/mol. The van der Waals surface area contributed by atoms with Crippen molar-refractivity contribution in [3.63, 3.8) is 0 Å². The maximum atomic E-state index is 3.34. The van der Waals surface area contributed by atoms with Crippen LogP contribution in [0.4, 0.5) is 0 Å². The van der Waals surface area contributed by atoms with Crippen molar-refractivity contribution in [2.75, 3.05) is 13.1 Å². The van der Waals surface area contributed by atoms with Crippen molar-refractivity contribution in [2.24, 2.45) is 0 Å². The van der Waals surface area contributed by atoms with Crippen LogP contribution >= 0.6 is 8.88 Å². The van der Waals surface area contributed by atoms with Crippen molar-refractivity contribution in [3.8, 4) is 0 Å². The molecule has 0 aromatic rings. The summed E-state index contributed by atoms with van der Waals surface area (Å²) >= 11 is 0. The van der Waals surface area contributed by atoms with Gasteiger partial charge in [-0.3, -0.25) is 10.2 Å². The second-order valence-electron chi connectivity index (χ2n) is 2.33. The molecular weight excluding hydrogens is 143 g/mol. The number of rotatable bonds is 7. The van der Waals surface area contributed by atoms with E-state index in [1.807, 2.05) is 0 Å². The second kappa shape index (κ2) is 9.35. The van der Waals surface area contributed by atoms with E-state index < -0.39 is 0 Å². The highest BCUT2D eigenvalue weighted by molar-refractivity contribution is 7.33. The minimum Gasteiger partial charge on any atom is -0.286 e. The molecule has 0 heterocycles. The van der Waals surface area contributed by atoms with E-state index in [4.69, 9.17) is 0 Å². The minimum atomic E-state index is 0.749. The molecule has 1 unspecified atom stereocenters. The van der Waals surface area contributed by atoms with E-state index in [1.54, 1.807) is 0 Å². The first-order chi connectivity index (χ1) is 4.91. The molecule has 2 N–H and O–H groups in total. The molecule has 0 spiro atoms. The van der Waals surface area contributed by atoms with Gasteiger partial charge >= 0.3 is 0 Å². The molecule has 0 aromatic carbocycles. The van der Waals surface area contributed by atoms with E-state index >= 15 is 0 Å². The highest BCUT2D eigenvalue weighted by atomic mass is 31.1. The zero-order chi connectivity index (χ0) is 7.66. The molecular formula is C7H19N2P. The molecule has 0 aromatic heterocycles. The molecule has 0 aliphatic carbocycles. The molecule has 0 rings (SSSR count). The van der Waals surface area contributed by atoms with Gasteiger partial charge in [0, 0.05) is 8.88 Å². The number of hydrogen-bond acceptors (Lipinski definition) is 2. The number of unbranched alkanes of at least 4 members (excludes halogenated alkanes) is 1. The van der Waals surface area contributed by atoms with Crippen LogP contribution in [0.2, 0.25) is 0 Å². The Morgan fingerprint density at radius 2 is 1.70 bits per heavy atom. The highest BCUT2D eigenvalue weighted by Gasteiger charge is 1.83. The van der Waals surface area contributed by atoms with E-state index in [1.165, 1.54) is 19.3 Å². The molecule has 0 amide bonds. The molecule has 0 bridgehead atoms. The lowest BCUT2D eigenvalue weighted by molar-refractivity contribution is 0.765. The predicted octanol–water partition coefficient (Wildman–Crippen LogP) is 1.88. The lowest BCUT2D eigenvalue weighted by Gasteiger charge is -2.03. The first-order valence-electron chi connectivity index (χ1n) is 4.12. The average Bonchev–Trinajstić information content (AvgIpc) is 1.97. The van der Waals surface area contributed by atoms with E-state index in [2.05, 4.69) is 24.0 Å². The Morgan fingerprint density at radius 3 is 2.30 bits per heavy atom. The summed E-state index contributed by atoms with van der Waals surface area (Å²) in [6.45, 7) is 6.69. The smallest absolute Gasteiger partial charge is 0.0183 e. The van der Waals surface area contributed by atoms with Crippen LogP contribution in [-0.4, -0.2) is 13.1 Å². The Hall–Kier alpha value is 0.350. The molecule has 1 atom stereocenters. The quantitative estimate of drug-likeness (QED) is 0.441. The van der Waals surface area contributed by atoms with Gasteiger partial charge in [-0.05, 0) is 25.9 Å². The van der Waals surface area contributed by atoms with Crippen LogP contribution in [0.3, 0.4) is 0 Å². The third-order valence-electron chi connectivity index (χ3n) is 1.21. The first kappa shape index (κ1) is 10.3. The Balaban J connectivity index is 2.65. The second-order valence-corrected chi connectivity index (χ2v) is 3.29. The lowest BCUT2D eigenvalue weighted by Crippen LogP contribution is -2.12. The molecule has 0 aliphatic rings. The van der Waals surface area contributed by atoms with Crippen LogP contribution in [-0.2, 0) is 0 Å². The van der Waals surface area contributed by atoms with Crippen molar-refractivity contribution in [3.05, 3.63) is 0 Å². The van der Waals surface area contributed by atoms with Gasteiger partial charge in [0.25, 0.3) is 0 Å².